The maximum atomic E-state index is 12.4. The summed E-state index contributed by atoms with van der Waals surface area (Å²) >= 11 is 0. The molecule has 1 amide bonds. The average Bonchev–Trinajstić information content (AvgIpc) is 3.59. The number of hydrogen-bond donors (Lipinski definition) is 6. The maximum absolute atomic E-state index is 12.4. The second-order valence-electron chi connectivity index (χ2n) is 11.5. The van der Waals surface area contributed by atoms with Crippen LogP contribution in [-0.2, 0) is 17.6 Å². The van der Waals surface area contributed by atoms with Gasteiger partial charge in [0.1, 0.15) is 0 Å². The number of aromatic amines is 2. The van der Waals surface area contributed by atoms with E-state index in [0.29, 0.717) is 13.0 Å². The van der Waals surface area contributed by atoms with E-state index in [9.17, 15) is 4.79 Å². The fourth-order valence-corrected chi connectivity index (χ4v) is 5.70. The van der Waals surface area contributed by atoms with Crippen molar-refractivity contribution in [2.45, 2.75) is 89.1 Å². The number of amides is 1. The molecule has 4 aromatic rings. The summed E-state index contributed by atoms with van der Waals surface area (Å²) in [4.78, 5) is 19.0. The second kappa shape index (κ2) is 18.6. The Kier molecular flexibility index (Phi) is 14.9. The third-order valence-electron chi connectivity index (χ3n) is 8.09. The number of rotatable bonds is 20. The molecule has 2 atom stereocenters. The van der Waals surface area contributed by atoms with Crippen molar-refractivity contribution >= 4 is 40.1 Å². The highest BCUT2D eigenvalue weighted by molar-refractivity contribution is 5.86. The van der Waals surface area contributed by atoms with Crippen molar-refractivity contribution < 1.29 is 4.79 Å². The van der Waals surface area contributed by atoms with Crippen LogP contribution in [0.2, 0.25) is 0 Å². The fourth-order valence-electron chi connectivity index (χ4n) is 5.70. The van der Waals surface area contributed by atoms with Crippen LogP contribution in [0.5, 0.6) is 0 Å². The summed E-state index contributed by atoms with van der Waals surface area (Å²) in [5.41, 5.74) is 17.2. The number of para-hydroxylation sites is 2. The Morgan fingerprint density at radius 2 is 1.14 bits per heavy atom. The highest BCUT2D eigenvalue weighted by Crippen LogP contribution is 2.20. The predicted molar refractivity (Wildman–Crippen MR) is 179 cm³/mol. The number of carbonyl (C=O) groups is 1. The number of halogens is 1. The molecule has 8 N–H and O–H groups in total. The van der Waals surface area contributed by atoms with Crippen LogP contribution in [0.15, 0.2) is 60.9 Å². The lowest BCUT2D eigenvalue weighted by atomic mass is 10.0. The minimum absolute atomic E-state index is 0. The Morgan fingerprint density at radius 3 is 1.71 bits per heavy atom. The second-order valence-corrected chi connectivity index (χ2v) is 11.5. The smallest absolute Gasteiger partial charge is 0.237 e. The number of aromatic nitrogens is 2. The number of H-pyrrole nitrogens is 2. The zero-order chi connectivity index (χ0) is 28.7. The summed E-state index contributed by atoms with van der Waals surface area (Å²) in [6.07, 6.45) is 18.0. The number of hydrogen-bond acceptors (Lipinski definition) is 4. The van der Waals surface area contributed by atoms with Crippen molar-refractivity contribution in [2.75, 3.05) is 19.6 Å². The molecule has 230 valence electrons. The van der Waals surface area contributed by atoms with Gasteiger partial charge in [-0.15, -0.1) is 12.4 Å². The Hall–Kier alpha value is -2.84. The summed E-state index contributed by atoms with van der Waals surface area (Å²) in [7, 11) is 0. The molecule has 0 aliphatic heterocycles. The summed E-state index contributed by atoms with van der Waals surface area (Å²) in [6, 6.07) is 16.2. The molecule has 0 aliphatic rings. The number of carbonyl (C=O) groups excluding carboxylic acids is 1. The van der Waals surface area contributed by atoms with Crippen LogP contribution in [0, 0.1) is 0 Å². The normalized spacial score (nSPS) is 12.8. The molecular weight excluding hydrogens is 544 g/mol. The van der Waals surface area contributed by atoms with Crippen LogP contribution in [0.3, 0.4) is 0 Å². The van der Waals surface area contributed by atoms with Crippen molar-refractivity contribution in [3.63, 3.8) is 0 Å². The highest BCUT2D eigenvalue weighted by Gasteiger charge is 2.15. The molecule has 0 fully saturated rings. The van der Waals surface area contributed by atoms with Gasteiger partial charge in [-0.1, -0.05) is 87.8 Å². The van der Waals surface area contributed by atoms with E-state index in [1.807, 2.05) is 24.4 Å². The number of unbranched alkanes of at least 4 members (excludes halogenated alkanes) is 9. The molecule has 0 saturated carbocycles. The first kappa shape index (κ1) is 33.7. The Morgan fingerprint density at radius 1 is 0.667 bits per heavy atom. The zero-order valence-electron chi connectivity index (χ0n) is 25.0. The summed E-state index contributed by atoms with van der Waals surface area (Å²) in [5.74, 6) is -0.0567. The van der Waals surface area contributed by atoms with Crippen LogP contribution in [0.1, 0.15) is 75.3 Å². The van der Waals surface area contributed by atoms with Crippen LogP contribution in [0.25, 0.3) is 21.8 Å². The van der Waals surface area contributed by atoms with Crippen LogP contribution < -0.4 is 22.1 Å². The number of nitrogens with one attached hydrogen (secondary N) is 4. The van der Waals surface area contributed by atoms with E-state index in [2.05, 4.69) is 57.1 Å². The molecule has 0 radical (unpaired) electrons. The summed E-state index contributed by atoms with van der Waals surface area (Å²) in [5, 5.41) is 8.98. The van der Waals surface area contributed by atoms with Gasteiger partial charge in [0.25, 0.3) is 0 Å². The third kappa shape index (κ3) is 10.8. The van der Waals surface area contributed by atoms with Gasteiger partial charge in [-0.25, -0.2) is 0 Å². The van der Waals surface area contributed by atoms with Crippen molar-refractivity contribution in [3.8, 4) is 0 Å². The molecule has 7 nitrogen and oxygen atoms in total. The average molecular weight is 595 g/mol. The molecule has 4 rings (SSSR count). The molecule has 8 heteroatoms. The van der Waals surface area contributed by atoms with Gasteiger partial charge in [0.2, 0.25) is 5.91 Å². The third-order valence-corrected chi connectivity index (χ3v) is 8.09. The first-order valence-electron chi connectivity index (χ1n) is 15.7. The molecule has 0 spiro atoms. The van der Waals surface area contributed by atoms with E-state index in [1.54, 1.807) is 0 Å². The first-order valence-corrected chi connectivity index (χ1v) is 15.7. The molecule has 0 saturated heterocycles. The van der Waals surface area contributed by atoms with Gasteiger partial charge < -0.3 is 32.1 Å². The lowest BCUT2D eigenvalue weighted by Gasteiger charge is -2.12. The first-order chi connectivity index (χ1) is 20.1. The van der Waals surface area contributed by atoms with Gasteiger partial charge >= 0.3 is 0 Å². The van der Waals surface area contributed by atoms with E-state index in [1.165, 1.54) is 67.8 Å². The largest absolute Gasteiger partial charge is 0.361 e. The molecule has 2 aromatic heterocycles. The molecule has 2 aromatic carbocycles. The Bertz CT molecular complexity index is 1320. The minimum atomic E-state index is -0.515. The summed E-state index contributed by atoms with van der Waals surface area (Å²) in [6.45, 7) is 2.62. The zero-order valence-corrected chi connectivity index (χ0v) is 25.8. The lowest BCUT2D eigenvalue weighted by Crippen LogP contribution is -2.42. The standard InChI is InChI=1S/C34H50N6O.ClH/c35-28(21-26-23-39-32-17-11-9-15-29(26)32)25-37-19-13-7-5-3-1-2-4-6-8-14-20-38-34(41)31(36)22-27-24-40-33-18-12-10-16-30(27)33;/h9-12,15-18,23-24,28,31,37,39-40H,1-8,13-14,19-22,25,35-36H2,(H,38,41);1H/t28-,31?;/m1./s1. The van der Waals surface area contributed by atoms with Gasteiger partial charge in [0.05, 0.1) is 6.04 Å². The van der Waals surface area contributed by atoms with Gasteiger partial charge in [0, 0.05) is 53.3 Å². The molecular formula is C34H51ClN6O. The van der Waals surface area contributed by atoms with Gasteiger partial charge in [-0.2, -0.15) is 0 Å². The number of benzene rings is 2. The van der Waals surface area contributed by atoms with Gasteiger partial charge in [-0.3, -0.25) is 4.79 Å². The van der Waals surface area contributed by atoms with Crippen LogP contribution in [0.4, 0.5) is 0 Å². The molecule has 2 heterocycles. The van der Waals surface area contributed by atoms with Gasteiger partial charge in [-0.05, 0) is 55.5 Å². The van der Waals surface area contributed by atoms with E-state index >= 15 is 0 Å². The van der Waals surface area contributed by atoms with Gasteiger partial charge in [0.15, 0.2) is 0 Å². The Labute approximate surface area is 257 Å². The van der Waals surface area contributed by atoms with E-state index in [-0.39, 0.29) is 24.4 Å². The molecule has 0 bridgehead atoms. The number of nitrogens with two attached hydrogens (primary N) is 2. The molecule has 1 unspecified atom stereocenters. The SMILES string of the molecule is Cl.NC(Cc1c[nH]c2ccccc12)C(=O)NCCCCCCCCCCCCNC[C@H](N)Cc1c[nH]c2ccccc12. The monoisotopic (exact) mass is 594 g/mol. The van der Waals surface area contributed by atoms with Crippen LogP contribution in [-0.4, -0.2) is 47.6 Å². The van der Waals surface area contributed by atoms with Crippen molar-refractivity contribution in [1.29, 1.82) is 0 Å². The van der Waals surface area contributed by atoms with Crippen molar-refractivity contribution in [1.82, 2.24) is 20.6 Å². The molecule has 0 aliphatic carbocycles. The van der Waals surface area contributed by atoms with E-state index in [0.717, 1.165) is 48.8 Å². The predicted octanol–water partition coefficient (Wildman–Crippen LogP) is 6.12. The van der Waals surface area contributed by atoms with E-state index in [4.69, 9.17) is 11.5 Å². The topological polar surface area (TPSA) is 125 Å². The van der Waals surface area contributed by atoms with Crippen LogP contribution >= 0.6 is 12.4 Å². The quantitative estimate of drug-likeness (QED) is 0.0690. The maximum Gasteiger partial charge on any atom is 0.237 e. The fraction of sp³-hybridized carbons (Fsp3) is 0.500. The van der Waals surface area contributed by atoms with Crippen molar-refractivity contribution in [2.24, 2.45) is 11.5 Å². The summed E-state index contributed by atoms with van der Waals surface area (Å²) < 4.78 is 0. The highest BCUT2D eigenvalue weighted by atomic mass is 35.5. The molecule has 42 heavy (non-hydrogen) atoms. The minimum Gasteiger partial charge on any atom is -0.361 e. The van der Waals surface area contributed by atoms with E-state index < -0.39 is 6.04 Å². The number of fused-ring (bicyclic) bond motifs is 2. The lowest BCUT2D eigenvalue weighted by molar-refractivity contribution is -0.122. The van der Waals surface area contributed by atoms with Crippen molar-refractivity contribution in [3.05, 3.63) is 72.1 Å². The Balaban J connectivity index is 0.00000484.